The highest BCUT2D eigenvalue weighted by Gasteiger charge is 2.23. The van der Waals surface area contributed by atoms with Crippen LogP contribution < -0.4 is 5.32 Å². The summed E-state index contributed by atoms with van der Waals surface area (Å²) in [7, 11) is 0. The summed E-state index contributed by atoms with van der Waals surface area (Å²) in [6.45, 7) is 6.70. The van der Waals surface area contributed by atoms with Crippen molar-refractivity contribution in [3.8, 4) is 0 Å². The first-order chi connectivity index (χ1) is 8.77. The summed E-state index contributed by atoms with van der Waals surface area (Å²) in [5.41, 5.74) is 2.40. The molecular weight excluding hydrogens is 222 g/mol. The van der Waals surface area contributed by atoms with Crippen LogP contribution in [0.3, 0.4) is 0 Å². The predicted octanol–water partition coefficient (Wildman–Crippen LogP) is 3.08. The molecule has 1 aliphatic rings. The molecule has 3 rings (SSSR count). The average Bonchev–Trinajstić information content (AvgIpc) is 2.79. The zero-order valence-corrected chi connectivity index (χ0v) is 11.2. The van der Waals surface area contributed by atoms with Crippen molar-refractivity contribution in [2.75, 3.05) is 13.1 Å². The van der Waals surface area contributed by atoms with E-state index in [2.05, 4.69) is 48.0 Å². The van der Waals surface area contributed by atoms with Crippen LogP contribution in [0, 0.1) is 0 Å². The highest BCUT2D eigenvalue weighted by Crippen LogP contribution is 2.29. The smallest absolute Gasteiger partial charge is 0.114 e. The van der Waals surface area contributed by atoms with Gasteiger partial charge in [-0.25, -0.2) is 4.98 Å². The van der Waals surface area contributed by atoms with Crippen LogP contribution in [0.5, 0.6) is 0 Å². The van der Waals surface area contributed by atoms with E-state index < -0.39 is 0 Å². The highest BCUT2D eigenvalue weighted by atomic mass is 15.1. The van der Waals surface area contributed by atoms with Crippen molar-refractivity contribution in [3.63, 3.8) is 0 Å². The number of nitrogens with one attached hydrogen (secondary N) is 1. The zero-order valence-electron chi connectivity index (χ0n) is 11.2. The molecule has 0 saturated carbocycles. The number of hydrogen-bond donors (Lipinski definition) is 1. The normalized spacial score (nSPS) is 20.7. The first-order valence-corrected chi connectivity index (χ1v) is 6.95. The van der Waals surface area contributed by atoms with Gasteiger partial charge in [0.2, 0.25) is 0 Å². The third-order valence-corrected chi connectivity index (χ3v) is 3.80. The summed E-state index contributed by atoms with van der Waals surface area (Å²) in [4.78, 5) is 4.88. The van der Waals surface area contributed by atoms with E-state index in [1.807, 2.05) is 0 Å². The third kappa shape index (κ3) is 1.93. The number of fused-ring (bicyclic) bond motifs is 1. The lowest BCUT2D eigenvalue weighted by atomic mass is 9.98. The monoisotopic (exact) mass is 243 g/mol. The van der Waals surface area contributed by atoms with E-state index in [0.717, 1.165) is 18.6 Å². The lowest BCUT2D eigenvalue weighted by molar-refractivity contribution is 0.425. The Morgan fingerprint density at radius 3 is 2.89 bits per heavy atom. The van der Waals surface area contributed by atoms with E-state index in [-0.39, 0.29) is 0 Å². The van der Waals surface area contributed by atoms with Gasteiger partial charge in [-0.15, -0.1) is 0 Å². The number of benzene rings is 1. The second-order valence-corrected chi connectivity index (χ2v) is 5.47. The first kappa shape index (κ1) is 11.7. The summed E-state index contributed by atoms with van der Waals surface area (Å²) < 4.78 is 2.41. The Morgan fingerprint density at radius 2 is 2.17 bits per heavy atom. The van der Waals surface area contributed by atoms with E-state index in [0.29, 0.717) is 12.0 Å². The van der Waals surface area contributed by atoms with Gasteiger partial charge < -0.3 is 9.88 Å². The maximum absolute atomic E-state index is 4.88. The number of rotatable bonds is 2. The fourth-order valence-electron chi connectivity index (χ4n) is 2.97. The molecular formula is C15H21N3. The molecule has 0 bridgehead atoms. The molecule has 1 saturated heterocycles. The topological polar surface area (TPSA) is 29.9 Å². The quantitative estimate of drug-likeness (QED) is 0.878. The summed E-state index contributed by atoms with van der Waals surface area (Å²) in [6.07, 6.45) is 2.51. The number of para-hydroxylation sites is 2. The highest BCUT2D eigenvalue weighted by molar-refractivity contribution is 5.76. The fourth-order valence-corrected chi connectivity index (χ4v) is 2.97. The average molecular weight is 243 g/mol. The predicted molar refractivity (Wildman–Crippen MR) is 75.0 cm³/mol. The maximum Gasteiger partial charge on any atom is 0.114 e. The lowest BCUT2D eigenvalue weighted by Gasteiger charge is -2.24. The van der Waals surface area contributed by atoms with Gasteiger partial charge in [-0.2, -0.15) is 0 Å². The molecule has 0 aliphatic carbocycles. The summed E-state index contributed by atoms with van der Waals surface area (Å²) >= 11 is 0. The molecule has 3 nitrogen and oxygen atoms in total. The molecule has 1 N–H and O–H groups in total. The number of piperidine rings is 1. The van der Waals surface area contributed by atoms with Crippen molar-refractivity contribution < 1.29 is 0 Å². The van der Waals surface area contributed by atoms with Crippen molar-refractivity contribution in [2.45, 2.75) is 38.6 Å². The van der Waals surface area contributed by atoms with Crippen LogP contribution in [0.2, 0.25) is 0 Å². The van der Waals surface area contributed by atoms with E-state index in [1.54, 1.807) is 0 Å². The standard InChI is InChI=1S/C15H21N3/c1-11(2)18-14-8-4-3-7-13(14)17-15(18)12-6-5-9-16-10-12/h3-4,7-8,11-12,16H,5-6,9-10H2,1-2H3/t12-/m1/s1. The Kier molecular flexibility index (Phi) is 3.08. The van der Waals surface area contributed by atoms with Gasteiger partial charge >= 0.3 is 0 Å². The lowest BCUT2D eigenvalue weighted by Crippen LogP contribution is -2.30. The van der Waals surface area contributed by atoms with Crippen molar-refractivity contribution >= 4 is 11.0 Å². The van der Waals surface area contributed by atoms with E-state index in [9.17, 15) is 0 Å². The minimum Gasteiger partial charge on any atom is -0.325 e. The SMILES string of the molecule is CC(C)n1c([C@@H]2CCCNC2)nc2ccccc21. The van der Waals surface area contributed by atoms with E-state index in [1.165, 1.54) is 24.2 Å². The van der Waals surface area contributed by atoms with Crippen LogP contribution in [0.25, 0.3) is 11.0 Å². The molecule has 0 amide bonds. The van der Waals surface area contributed by atoms with Gasteiger partial charge in [0.1, 0.15) is 5.82 Å². The molecule has 1 aliphatic heterocycles. The number of nitrogens with zero attached hydrogens (tertiary/aromatic N) is 2. The Labute approximate surface area is 108 Å². The van der Waals surface area contributed by atoms with Gasteiger partial charge in [-0.3, -0.25) is 0 Å². The van der Waals surface area contributed by atoms with Gasteiger partial charge in [-0.1, -0.05) is 12.1 Å². The minimum absolute atomic E-state index is 0.467. The molecule has 1 aromatic heterocycles. The number of imidazole rings is 1. The second kappa shape index (κ2) is 4.73. The molecule has 2 heterocycles. The summed E-state index contributed by atoms with van der Waals surface area (Å²) in [5, 5.41) is 3.49. The molecule has 0 radical (unpaired) electrons. The second-order valence-electron chi connectivity index (χ2n) is 5.47. The Balaban J connectivity index is 2.11. The van der Waals surface area contributed by atoms with Crippen LogP contribution >= 0.6 is 0 Å². The number of hydrogen-bond acceptors (Lipinski definition) is 2. The van der Waals surface area contributed by atoms with Gasteiger partial charge in [0, 0.05) is 18.5 Å². The Morgan fingerprint density at radius 1 is 1.33 bits per heavy atom. The van der Waals surface area contributed by atoms with Gasteiger partial charge in [0.15, 0.2) is 0 Å². The van der Waals surface area contributed by atoms with Crippen molar-refractivity contribution in [1.29, 1.82) is 0 Å². The van der Waals surface area contributed by atoms with Crippen LogP contribution in [-0.4, -0.2) is 22.6 Å². The molecule has 3 heteroatoms. The maximum atomic E-state index is 4.88. The van der Waals surface area contributed by atoms with Crippen LogP contribution in [0.4, 0.5) is 0 Å². The third-order valence-electron chi connectivity index (χ3n) is 3.80. The van der Waals surface area contributed by atoms with E-state index >= 15 is 0 Å². The molecule has 2 aromatic rings. The molecule has 0 spiro atoms. The van der Waals surface area contributed by atoms with E-state index in [4.69, 9.17) is 4.98 Å². The Bertz CT molecular complexity index is 536. The largest absolute Gasteiger partial charge is 0.325 e. The van der Waals surface area contributed by atoms with Gasteiger partial charge in [-0.05, 0) is 45.4 Å². The van der Waals surface area contributed by atoms with Crippen molar-refractivity contribution in [1.82, 2.24) is 14.9 Å². The molecule has 18 heavy (non-hydrogen) atoms. The molecule has 1 aromatic carbocycles. The summed E-state index contributed by atoms with van der Waals surface area (Å²) in [5.74, 6) is 1.83. The molecule has 0 unspecified atom stereocenters. The number of aromatic nitrogens is 2. The Hall–Kier alpha value is -1.35. The zero-order chi connectivity index (χ0) is 12.5. The molecule has 1 fully saturated rings. The molecule has 1 atom stereocenters. The summed E-state index contributed by atoms with van der Waals surface area (Å²) in [6, 6.07) is 8.94. The van der Waals surface area contributed by atoms with Gasteiger partial charge in [0.25, 0.3) is 0 Å². The van der Waals surface area contributed by atoms with Crippen LogP contribution in [0.15, 0.2) is 24.3 Å². The van der Waals surface area contributed by atoms with Crippen LogP contribution in [-0.2, 0) is 0 Å². The van der Waals surface area contributed by atoms with Crippen molar-refractivity contribution in [3.05, 3.63) is 30.1 Å². The minimum atomic E-state index is 0.467. The molecule has 96 valence electrons. The van der Waals surface area contributed by atoms with Gasteiger partial charge in [0.05, 0.1) is 11.0 Å². The van der Waals surface area contributed by atoms with Crippen molar-refractivity contribution in [2.24, 2.45) is 0 Å². The fraction of sp³-hybridized carbons (Fsp3) is 0.533. The first-order valence-electron chi connectivity index (χ1n) is 6.95. The van der Waals surface area contributed by atoms with Crippen LogP contribution in [0.1, 0.15) is 44.5 Å².